The van der Waals surface area contributed by atoms with E-state index >= 15 is 0 Å². The fraction of sp³-hybridized carbons (Fsp3) is 0.471. The fourth-order valence-corrected chi connectivity index (χ4v) is 3.89. The summed E-state index contributed by atoms with van der Waals surface area (Å²) < 4.78 is 5.35. The van der Waals surface area contributed by atoms with Crippen LogP contribution in [-0.2, 0) is 0 Å². The molecule has 2 aromatic rings. The van der Waals surface area contributed by atoms with Gasteiger partial charge in [0.1, 0.15) is 11.4 Å². The minimum Gasteiger partial charge on any atom is -0.496 e. The molecule has 2 aliphatic rings. The summed E-state index contributed by atoms with van der Waals surface area (Å²) in [6.07, 6.45) is 0. The van der Waals surface area contributed by atoms with Crippen LogP contribution >= 0.6 is 0 Å². The quantitative estimate of drug-likeness (QED) is 0.921. The summed E-state index contributed by atoms with van der Waals surface area (Å²) in [6, 6.07) is 7.72. The van der Waals surface area contributed by atoms with Crippen molar-refractivity contribution in [2.45, 2.75) is 13.8 Å². The van der Waals surface area contributed by atoms with Gasteiger partial charge in [0.25, 0.3) is 5.91 Å². The summed E-state index contributed by atoms with van der Waals surface area (Å²) in [5.41, 5.74) is 2.04. The van der Waals surface area contributed by atoms with E-state index < -0.39 is 0 Å². The molecule has 2 heterocycles. The van der Waals surface area contributed by atoms with Gasteiger partial charge in [0.15, 0.2) is 0 Å². The molecule has 1 aromatic carbocycles. The van der Waals surface area contributed by atoms with Crippen molar-refractivity contribution in [1.29, 1.82) is 0 Å². The molecule has 1 aromatic heterocycles. The summed E-state index contributed by atoms with van der Waals surface area (Å²) in [5.74, 6) is 2.27. The van der Waals surface area contributed by atoms with Gasteiger partial charge in [-0.2, -0.15) is 0 Å². The van der Waals surface area contributed by atoms with Crippen LogP contribution in [0.1, 0.15) is 24.3 Å². The highest BCUT2D eigenvalue weighted by atomic mass is 16.5. The molecule has 0 bridgehead atoms. The van der Waals surface area contributed by atoms with Crippen LogP contribution in [0.15, 0.2) is 24.3 Å². The molecule has 0 radical (unpaired) electrons. The zero-order valence-electron chi connectivity index (χ0n) is 12.6. The van der Waals surface area contributed by atoms with Crippen LogP contribution in [0.25, 0.3) is 10.9 Å². The topological polar surface area (TPSA) is 45.3 Å². The molecular weight excluding hydrogens is 264 g/mol. The van der Waals surface area contributed by atoms with E-state index in [0.717, 1.165) is 29.7 Å². The molecule has 1 aliphatic carbocycles. The molecule has 2 atom stereocenters. The number of methoxy groups -OCH3 is 1. The number of hydrogen-bond donors (Lipinski definition) is 1. The highest BCUT2D eigenvalue weighted by molar-refractivity contribution is 5.99. The van der Waals surface area contributed by atoms with Crippen LogP contribution in [0.4, 0.5) is 0 Å². The van der Waals surface area contributed by atoms with Gasteiger partial charge < -0.3 is 14.6 Å². The van der Waals surface area contributed by atoms with Crippen LogP contribution in [0.3, 0.4) is 0 Å². The Labute approximate surface area is 124 Å². The first-order chi connectivity index (χ1) is 10.0. The van der Waals surface area contributed by atoms with E-state index in [9.17, 15) is 4.79 Å². The van der Waals surface area contributed by atoms with Crippen LogP contribution in [0, 0.1) is 17.3 Å². The average Bonchev–Trinajstić information content (AvgIpc) is 2.92. The highest BCUT2D eigenvalue weighted by Crippen LogP contribution is 2.62. The van der Waals surface area contributed by atoms with Gasteiger partial charge in [-0.05, 0) is 35.4 Å². The lowest BCUT2D eigenvalue weighted by Crippen LogP contribution is -2.33. The number of nitrogens with zero attached hydrogens (tertiary/aromatic N) is 1. The number of amides is 1. The molecule has 4 heteroatoms. The number of aromatic nitrogens is 1. The predicted octanol–water partition coefficient (Wildman–Crippen LogP) is 2.90. The van der Waals surface area contributed by atoms with Crippen LogP contribution in [0.5, 0.6) is 5.75 Å². The molecule has 110 valence electrons. The van der Waals surface area contributed by atoms with Gasteiger partial charge >= 0.3 is 0 Å². The second-order valence-corrected chi connectivity index (χ2v) is 6.85. The van der Waals surface area contributed by atoms with Gasteiger partial charge in [-0.1, -0.05) is 19.9 Å². The number of benzene rings is 1. The Hall–Kier alpha value is -1.97. The second kappa shape index (κ2) is 4.03. The zero-order valence-corrected chi connectivity index (χ0v) is 12.6. The Morgan fingerprint density at radius 1 is 1.33 bits per heavy atom. The molecular formula is C17H20N2O2. The Morgan fingerprint density at radius 3 is 2.71 bits per heavy atom. The maximum atomic E-state index is 12.6. The molecule has 1 saturated carbocycles. The van der Waals surface area contributed by atoms with Gasteiger partial charge in [0.2, 0.25) is 0 Å². The van der Waals surface area contributed by atoms with Crippen molar-refractivity contribution >= 4 is 16.8 Å². The summed E-state index contributed by atoms with van der Waals surface area (Å²) >= 11 is 0. The molecule has 0 spiro atoms. The number of nitrogens with one attached hydrogen (secondary N) is 1. The normalized spacial score (nSPS) is 26.0. The highest BCUT2D eigenvalue weighted by Gasteiger charge is 2.62. The summed E-state index contributed by atoms with van der Waals surface area (Å²) in [4.78, 5) is 17.9. The molecule has 21 heavy (non-hydrogen) atoms. The van der Waals surface area contributed by atoms with Gasteiger partial charge in [0.05, 0.1) is 7.11 Å². The summed E-state index contributed by atoms with van der Waals surface area (Å²) in [7, 11) is 1.65. The maximum Gasteiger partial charge on any atom is 0.270 e. The van der Waals surface area contributed by atoms with Gasteiger partial charge in [-0.15, -0.1) is 0 Å². The zero-order chi connectivity index (χ0) is 14.8. The van der Waals surface area contributed by atoms with Gasteiger partial charge in [-0.3, -0.25) is 4.79 Å². The van der Waals surface area contributed by atoms with Crippen molar-refractivity contribution in [2.24, 2.45) is 17.3 Å². The third kappa shape index (κ3) is 1.71. The van der Waals surface area contributed by atoms with Crippen molar-refractivity contribution in [3.8, 4) is 5.75 Å². The smallest absolute Gasteiger partial charge is 0.270 e. The molecule has 1 aliphatic heterocycles. The van der Waals surface area contributed by atoms with E-state index in [-0.39, 0.29) is 5.91 Å². The van der Waals surface area contributed by atoms with E-state index in [4.69, 9.17) is 4.74 Å². The fourth-order valence-electron chi connectivity index (χ4n) is 3.89. The number of carbonyl (C=O) groups excluding carboxylic acids is 1. The maximum absolute atomic E-state index is 12.6. The molecule has 1 N–H and O–H groups in total. The summed E-state index contributed by atoms with van der Waals surface area (Å²) in [5, 5.41) is 0.966. The predicted molar refractivity (Wildman–Crippen MR) is 81.5 cm³/mol. The number of hydrogen-bond acceptors (Lipinski definition) is 2. The average molecular weight is 284 g/mol. The lowest BCUT2D eigenvalue weighted by atomic mass is 10.1. The monoisotopic (exact) mass is 284 g/mol. The molecule has 2 fully saturated rings. The van der Waals surface area contributed by atoms with Crippen molar-refractivity contribution in [2.75, 3.05) is 20.2 Å². The van der Waals surface area contributed by atoms with Crippen LogP contribution < -0.4 is 4.74 Å². The first kappa shape index (κ1) is 12.7. The molecule has 1 amide bonds. The minimum atomic E-state index is 0.108. The molecule has 0 unspecified atom stereocenters. The molecule has 4 nitrogen and oxygen atoms in total. The lowest BCUT2D eigenvalue weighted by Gasteiger charge is -2.21. The number of piperidine rings is 1. The van der Waals surface area contributed by atoms with E-state index in [1.54, 1.807) is 7.11 Å². The van der Waals surface area contributed by atoms with Crippen molar-refractivity contribution in [1.82, 2.24) is 9.88 Å². The number of H-pyrrole nitrogens is 1. The number of aromatic amines is 1. The Kier molecular flexibility index (Phi) is 2.44. The Bertz CT molecular complexity index is 717. The molecule has 4 rings (SSSR count). The Balaban J connectivity index is 1.61. The van der Waals surface area contributed by atoms with Crippen molar-refractivity contribution in [3.63, 3.8) is 0 Å². The largest absolute Gasteiger partial charge is 0.496 e. The van der Waals surface area contributed by atoms with Gasteiger partial charge in [-0.25, -0.2) is 0 Å². The SMILES string of the molecule is COc1cccc2[nH]c(C(=O)N3C[C@@H]4[C@H](C3)C4(C)C)cc12. The van der Waals surface area contributed by atoms with Crippen LogP contribution in [0.2, 0.25) is 0 Å². The number of fused-ring (bicyclic) bond motifs is 2. The minimum absolute atomic E-state index is 0.108. The van der Waals surface area contributed by atoms with E-state index in [2.05, 4.69) is 18.8 Å². The summed E-state index contributed by atoms with van der Waals surface area (Å²) in [6.45, 7) is 6.39. The van der Waals surface area contributed by atoms with E-state index in [1.807, 2.05) is 29.2 Å². The number of rotatable bonds is 2. The van der Waals surface area contributed by atoms with Gasteiger partial charge in [0, 0.05) is 24.0 Å². The third-order valence-electron chi connectivity index (χ3n) is 5.48. The second-order valence-electron chi connectivity index (χ2n) is 6.85. The first-order valence-electron chi connectivity index (χ1n) is 7.47. The number of ether oxygens (including phenoxy) is 1. The van der Waals surface area contributed by atoms with Crippen LogP contribution in [-0.4, -0.2) is 36.0 Å². The number of carbonyl (C=O) groups is 1. The van der Waals surface area contributed by atoms with E-state index in [0.29, 0.717) is 22.9 Å². The van der Waals surface area contributed by atoms with E-state index in [1.165, 1.54) is 0 Å². The molecule has 1 saturated heterocycles. The lowest BCUT2D eigenvalue weighted by molar-refractivity contribution is 0.0753. The Morgan fingerprint density at radius 2 is 2.05 bits per heavy atom. The number of likely N-dealkylation sites (tertiary alicyclic amines) is 1. The van der Waals surface area contributed by atoms with Crippen molar-refractivity contribution in [3.05, 3.63) is 30.0 Å². The third-order valence-corrected chi connectivity index (χ3v) is 5.48. The standard InChI is InChI=1S/C17H20N2O2/c1-17(2)11-8-19(9-12(11)17)16(20)14-7-10-13(18-14)5-4-6-15(10)21-3/h4-7,11-12,18H,8-9H2,1-3H3/t11-,12+. The van der Waals surface area contributed by atoms with Crippen molar-refractivity contribution < 1.29 is 9.53 Å². The first-order valence-corrected chi connectivity index (χ1v) is 7.47.